The molecule has 12 nitrogen and oxygen atoms in total. The zero-order valence-electron chi connectivity index (χ0n) is 23.4. The Morgan fingerprint density at radius 1 is 1.14 bits per heavy atom. The Balaban J connectivity index is 1.70. The first kappa shape index (κ1) is 28.8. The van der Waals surface area contributed by atoms with Gasteiger partial charge in [0.15, 0.2) is 11.4 Å². The molecule has 0 spiro atoms. The summed E-state index contributed by atoms with van der Waals surface area (Å²) in [5.41, 5.74) is 3.98. The first-order valence-corrected chi connectivity index (χ1v) is 13.1. The fourth-order valence-electron chi connectivity index (χ4n) is 6.63. The van der Waals surface area contributed by atoms with E-state index in [0.29, 0.717) is 28.0 Å². The molecular weight excluding hydrogens is 546 g/mol. The van der Waals surface area contributed by atoms with Gasteiger partial charge >= 0.3 is 0 Å². The van der Waals surface area contributed by atoms with Gasteiger partial charge in [-0.25, -0.2) is 0 Å². The van der Waals surface area contributed by atoms with E-state index in [4.69, 9.17) is 15.3 Å². The third kappa shape index (κ3) is 4.05. The largest absolute Gasteiger partial charge is 0.510 e. The summed E-state index contributed by atoms with van der Waals surface area (Å²) in [5.74, 6) is -6.43. The molecule has 42 heavy (non-hydrogen) atoms. The molecule has 3 aliphatic rings. The van der Waals surface area contributed by atoms with E-state index in [1.807, 2.05) is 0 Å². The minimum absolute atomic E-state index is 0.00474. The number of amides is 1. The van der Waals surface area contributed by atoms with Crippen LogP contribution in [0.2, 0.25) is 0 Å². The van der Waals surface area contributed by atoms with Crippen LogP contribution in [0.1, 0.15) is 27.9 Å². The number of aliphatic hydroxyl groups is 3. The predicted molar refractivity (Wildman–Crippen MR) is 150 cm³/mol. The number of aromatic hydroxyl groups is 1. The van der Waals surface area contributed by atoms with Crippen molar-refractivity contribution in [3.63, 3.8) is 0 Å². The summed E-state index contributed by atoms with van der Waals surface area (Å²) in [6.07, 6.45) is 1.63. The zero-order valence-corrected chi connectivity index (χ0v) is 23.4. The summed E-state index contributed by atoms with van der Waals surface area (Å²) >= 11 is 0. The van der Waals surface area contributed by atoms with Crippen molar-refractivity contribution in [1.29, 1.82) is 0 Å². The molecule has 12 heteroatoms. The second kappa shape index (κ2) is 10.3. The molecule has 3 aliphatic carbocycles. The van der Waals surface area contributed by atoms with Gasteiger partial charge in [0, 0.05) is 17.1 Å². The van der Waals surface area contributed by atoms with Crippen LogP contribution < -0.4 is 10.5 Å². The van der Waals surface area contributed by atoms with Crippen molar-refractivity contribution >= 4 is 23.7 Å². The number of nitrogens with zero attached hydrogens (tertiary/aromatic N) is 2. The van der Waals surface area contributed by atoms with Crippen LogP contribution in [-0.2, 0) is 20.8 Å². The van der Waals surface area contributed by atoms with Gasteiger partial charge in [0.1, 0.15) is 35.7 Å². The average molecular weight is 578 g/mol. The number of carbonyl (C=O) groups excluding carboxylic acids is 3. The van der Waals surface area contributed by atoms with Crippen molar-refractivity contribution in [1.82, 2.24) is 4.90 Å². The Morgan fingerprint density at radius 3 is 2.48 bits per heavy atom. The number of hydrogen-bond donors (Lipinski definition) is 5. The van der Waals surface area contributed by atoms with Gasteiger partial charge in [-0.1, -0.05) is 17.3 Å². The molecule has 1 amide bonds. The van der Waals surface area contributed by atoms with E-state index in [2.05, 4.69) is 5.16 Å². The van der Waals surface area contributed by atoms with E-state index in [1.165, 1.54) is 31.4 Å². The van der Waals surface area contributed by atoms with Crippen LogP contribution in [0.4, 0.5) is 0 Å². The minimum Gasteiger partial charge on any atom is -0.510 e. The highest BCUT2D eigenvalue weighted by atomic mass is 16.6. The number of phenols is 1. The van der Waals surface area contributed by atoms with E-state index < -0.39 is 58.0 Å². The molecule has 4 atom stereocenters. The summed E-state index contributed by atoms with van der Waals surface area (Å²) in [6.45, 7) is 0. The fourth-order valence-corrected chi connectivity index (χ4v) is 6.63. The molecule has 6 N–H and O–H groups in total. The number of benzene rings is 2. The lowest BCUT2D eigenvalue weighted by Crippen LogP contribution is -2.63. The quantitative estimate of drug-likeness (QED) is 0.192. The zero-order chi connectivity index (χ0) is 30.7. The topological polar surface area (TPSA) is 192 Å². The second-order valence-corrected chi connectivity index (χ2v) is 10.8. The number of phenolic OH excluding ortho intramolecular Hbond substituents is 1. The number of Topliss-reactive ketones (excluding diaryl/α,β-unsaturated/α-hetero) is 2. The van der Waals surface area contributed by atoms with Crippen molar-refractivity contribution < 1.29 is 44.4 Å². The van der Waals surface area contributed by atoms with E-state index in [9.17, 15) is 34.8 Å². The van der Waals surface area contributed by atoms with Crippen LogP contribution in [-0.4, -0.2) is 89.0 Å². The smallest absolute Gasteiger partial charge is 0.255 e. The molecule has 0 bridgehead atoms. The lowest BCUT2D eigenvalue weighted by atomic mass is 9.58. The molecule has 0 saturated heterocycles. The minimum atomic E-state index is -2.69. The number of methoxy groups -OCH3 is 1. The average Bonchev–Trinajstić information content (AvgIpc) is 2.93. The van der Waals surface area contributed by atoms with Gasteiger partial charge in [-0.2, -0.15) is 0 Å². The standard InChI is InChI=1S/C30H31N3O9/c1-33(2)24-18-11-14-10-17-16(13-5-8-20(41-3)15(9-13)12-32-42-4)6-7-19(34)22(17)25(35)21(14)27(37)30(18,40)28(38)23(26(24)36)29(31)39/h5-9,12,14,18,24,34,36-37,40H,10-11H2,1-4H3,(H2,31,39)/b32-12+. The monoisotopic (exact) mass is 577 g/mol. The van der Waals surface area contributed by atoms with Crippen molar-refractivity contribution in [2.24, 2.45) is 22.7 Å². The molecule has 2 aromatic rings. The number of fused-ring (bicyclic) bond motifs is 3. The summed E-state index contributed by atoms with van der Waals surface area (Å²) < 4.78 is 5.41. The first-order chi connectivity index (χ1) is 19.9. The molecule has 0 aliphatic heterocycles. The normalized spacial score (nSPS) is 25.4. The number of nitrogens with two attached hydrogens (primary N) is 1. The SMILES string of the molecule is CO/N=C/c1cc(-c2ccc(O)c3c2CC2CC4C(N(C)C)C(O)=C(C(N)=O)C(=O)C4(O)C(O)=C2C3=O)ccc1OC. The maximum atomic E-state index is 14.0. The number of likely N-dealkylation sites (N-methyl/N-ethyl adjacent to an activating group) is 1. The van der Waals surface area contributed by atoms with Gasteiger partial charge in [-0.05, 0) is 67.7 Å². The van der Waals surface area contributed by atoms with Gasteiger partial charge in [-0.3, -0.25) is 19.3 Å². The summed E-state index contributed by atoms with van der Waals surface area (Å²) in [7, 11) is 6.09. The highest BCUT2D eigenvalue weighted by Gasteiger charge is 2.63. The van der Waals surface area contributed by atoms with E-state index in [1.54, 1.807) is 38.4 Å². The first-order valence-electron chi connectivity index (χ1n) is 13.1. The molecule has 0 fully saturated rings. The number of oxime groups is 1. The number of ether oxygens (including phenoxy) is 1. The summed E-state index contributed by atoms with van der Waals surface area (Å²) in [5, 5.41) is 48.8. The van der Waals surface area contributed by atoms with Crippen molar-refractivity contribution in [2.75, 3.05) is 28.3 Å². The predicted octanol–water partition coefficient (Wildman–Crippen LogP) is 1.78. The number of rotatable bonds is 6. The van der Waals surface area contributed by atoms with Gasteiger partial charge < -0.3 is 35.7 Å². The number of aliphatic hydroxyl groups excluding tert-OH is 2. The van der Waals surface area contributed by atoms with Crippen LogP contribution >= 0.6 is 0 Å². The van der Waals surface area contributed by atoms with Crippen LogP contribution in [0.3, 0.4) is 0 Å². The molecule has 0 aromatic heterocycles. The molecular formula is C30H31N3O9. The highest BCUT2D eigenvalue weighted by Crippen LogP contribution is 2.53. The number of carbonyl (C=O) groups is 3. The van der Waals surface area contributed by atoms with Crippen molar-refractivity contribution in [2.45, 2.75) is 24.5 Å². The molecule has 0 saturated carbocycles. The summed E-state index contributed by atoms with van der Waals surface area (Å²) in [6, 6.07) is 7.28. The molecule has 4 unspecified atom stereocenters. The third-order valence-corrected chi connectivity index (χ3v) is 8.44. The lowest BCUT2D eigenvalue weighted by molar-refractivity contribution is -0.148. The van der Waals surface area contributed by atoms with Gasteiger partial charge in [0.25, 0.3) is 5.91 Å². The Hall–Kier alpha value is -4.68. The van der Waals surface area contributed by atoms with Crippen LogP contribution in [0.15, 0.2) is 58.2 Å². The molecule has 2 aromatic carbocycles. The maximum Gasteiger partial charge on any atom is 0.255 e. The van der Waals surface area contributed by atoms with Crippen molar-refractivity contribution in [3.8, 4) is 22.6 Å². The van der Waals surface area contributed by atoms with E-state index >= 15 is 0 Å². The van der Waals surface area contributed by atoms with Crippen LogP contribution in [0.5, 0.6) is 11.5 Å². The van der Waals surface area contributed by atoms with Crippen LogP contribution in [0.25, 0.3) is 11.1 Å². The van der Waals surface area contributed by atoms with E-state index in [0.717, 1.165) is 0 Å². The molecule has 0 radical (unpaired) electrons. The van der Waals surface area contributed by atoms with E-state index in [-0.39, 0.29) is 29.7 Å². The number of allylic oxidation sites excluding steroid dienone is 1. The van der Waals surface area contributed by atoms with Crippen molar-refractivity contribution in [3.05, 3.63) is 69.7 Å². The molecule has 5 rings (SSSR count). The van der Waals surface area contributed by atoms with Crippen LogP contribution in [0, 0.1) is 11.8 Å². The third-order valence-electron chi connectivity index (χ3n) is 8.44. The summed E-state index contributed by atoms with van der Waals surface area (Å²) in [4.78, 5) is 45.9. The highest BCUT2D eigenvalue weighted by molar-refractivity contribution is 6.25. The van der Waals surface area contributed by atoms with Gasteiger partial charge in [0.2, 0.25) is 5.78 Å². The Kier molecular flexibility index (Phi) is 7.07. The maximum absolute atomic E-state index is 14.0. The van der Waals surface area contributed by atoms with Gasteiger partial charge in [0.05, 0.1) is 24.9 Å². The lowest BCUT2D eigenvalue weighted by Gasteiger charge is -2.50. The number of ketones is 2. The molecule has 220 valence electrons. The number of hydrogen-bond acceptors (Lipinski definition) is 11. The number of primary amides is 1. The Morgan fingerprint density at radius 2 is 1.86 bits per heavy atom. The second-order valence-electron chi connectivity index (χ2n) is 10.8. The fraction of sp³-hybridized carbons (Fsp3) is 0.333. The Bertz CT molecular complexity index is 1620. The van der Waals surface area contributed by atoms with Gasteiger partial charge in [-0.15, -0.1) is 0 Å². The molecule has 0 heterocycles. The Labute approximate surface area is 240 Å².